The zero-order valence-corrected chi connectivity index (χ0v) is 14.7. The lowest BCUT2D eigenvalue weighted by Gasteiger charge is -2.32. The van der Waals surface area contributed by atoms with E-state index >= 15 is 0 Å². The van der Waals surface area contributed by atoms with E-state index in [4.69, 9.17) is 5.26 Å². The van der Waals surface area contributed by atoms with E-state index in [0.717, 1.165) is 5.56 Å². The monoisotopic (exact) mass is 350 g/mol. The number of piperidine rings is 1. The van der Waals surface area contributed by atoms with Crippen LogP contribution in [0, 0.1) is 17.2 Å². The van der Waals surface area contributed by atoms with Crippen molar-refractivity contribution < 1.29 is 13.2 Å². The van der Waals surface area contributed by atoms with Crippen molar-refractivity contribution in [2.45, 2.75) is 19.3 Å². The minimum Gasteiger partial charge on any atom is -0.326 e. The van der Waals surface area contributed by atoms with Crippen molar-refractivity contribution in [3.63, 3.8) is 0 Å². The molecule has 0 saturated carbocycles. The summed E-state index contributed by atoms with van der Waals surface area (Å²) in [7, 11) is -0.519. The molecule has 0 radical (unpaired) electrons. The number of anilines is 1. The number of nitrogens with zero attached hydrogens (tertiary/aromatic N) is 3. The molecule has 1 atom stereocenters. The molecule has 0 unspecified atom stereocenters. The highest BCUT2D eigenvalue weighted by molar-refractivity contribution is 7.86. The SMILES string of the molecule is CN(C)S(=O)(=O)N1CCC[C@H](C(=O)Nc2ccc(CC#N)cc2)C1. The fourth-order valence-electron chi connectivity index (χ4n) is 2.64. The van der Waals surface area contributed by atoms with Gasteiger partial charge < -0.3 is 5.32 Å². The summed E-state index contributed by atoms with van der Waals surface area (Å²) in [4.78, 5) is 12.4. The van der Waals surface area contributed by atoms with Crippen LogP contribution < -0.4 is 5.32 Å². The maximum absolute atomic E-state index is 12.4. The van der Waals surface area contributed by atoms with Gasteiger partial charge in [-0.3, -0.25) is 4.79 Å². The zero-order chi connectivity index (χ0) is 17.7. The molecule has 2 rings (SSSR count). The fraction of sp³-hybridized carbons (Fsp3) is 0.500. The van der Waals surface area contributed by atoms with E-state index in [2.05, 4.69) is 11.4 Å². The molecule has 1 heterocycles. The molecule has 1 aromatic carbocycles. The first-order valence-electron chi connectivity index (χ1n) is 7.79. The summed E-state index contributed by atoms with van der Waals surface area (Å²) in [5, 5.41) is 11.5. The fourth-order valence-corrected chi connectivity index (χ4v) is 3.83. The van der Waals surface area contributed by atoms with Gasteiger partial charge in [0.25, 0.3) is 10.2 Å². The average Bonchev–Trinajstić information content (AvgIpc) is 2.57. The third-order valence-corrected chi connectivity index (χ3v) is 5.95. The van der Waals surface area contributed by atoms with Gasteiger partial charge in [-0.2, -0.15) is 22.3 Å². The maximum Gasteiger partial charge on any atom is 0.281 e. The van der Waals surface area contributed by atoms with Gasteiger partial charge in [0.15, 0.2) is 0 Å². The minimum atomic E-state index is -3.50. The quantitative estimate of drug-likeness (QED) is 0.864. The number of carbonyl (C=O) groups excluding carboxylic acids is 1. The van der Waals surface area contributed by atoms with Crippen LogP contribution in [0.25, 0.3) is 0 Å². The largest absolute Gasteiger partial charge is 0.326 e. The molecule has 1 N–H and O–H groups in total. The Kier molecular flexibility index (Phi) is 5.94. The number of benzene rings is 1. The molecule has 0 aliphatic carbocycles. The first kappa shape index (κ1) is 18.4. The highest BCUT2D eigenvalue weighted by Gasteiger charge is 2.33. The molecule has 130 valence electrons. The van der Waals surface area contributed by atoms with E-state index in [-0.39, 0.29) is 18.4 Å². The van der Waals surface area contributed by atoms with Gasteiger partial charge in [0.2, 0.25) is 5.91 Å². The van der Waals surface area contributed by atoms with E-state index in [9.17, 15) is 13.2 Å². The zero-order valence-electron chi connectivity index (χ0n) is 13.9. The molecule has 1 amide bonds. The van der Waals surface area contributed by atoms with E-state index in [1.165, 1.54) is 22.7 Å². The van der Waals surface area contributed by atoms with Crippen molar-refractivity contribution in [3.05, 3.63) is 29.8 Å². The van der Waals surface area contributed by atoms with Gasteiger partial charge >= 0.3 is 0 Å². The number of nitriles is 1. The number of rotatable bonds is 5. The Bertz CT molecular complexity index is 723. The van der Waals surface area contributed by atoms with Crippen LogP contribution in [0.4, 0.5) is 5.69 Å². The van der Waals surface area contributed by atoms with Crippen LogP contribution >= 0.6 is 0 Å². The van der Waals surface area contributed by atoms with Crippen LogP contribution in [-0.4, -0.2) is 50.1 Å². The van der Waals surface area contributed by atoms with Crippen molar-refractivity contribution in [2.24, 2.45) is 5.92 Å². The van der Waals surface area contributed by atoms with Gasteiger partial charge in [0, 0.05) is 32.9 Å². The average molecular weight is 350 g/mol. The summed E-state index contributed by atoms with van der Waals surface area (Å²) in [5.74, 6) is -0.547. The highest BCUT2D eigenvalue weighted by atomic mass is 32.2. The Hall–Kier alpha value is -1.95. The number of hydrogen-bond donors (Lipinski definition) is 1. The summed E-state index contributed by atoms with van der Waals surface area (Å²) < 4.78 is 26.9. The lowest BCUT2D eigenvalue weighted by molar-refractivity contribution is -0.120. The second-order valence-electron chi connectivity index (χ2n) is 6.01. The smallest absolute Gasteiger partial charge is 0.281 e. The molecule has 0 aromatic heterocycles. The third-order valence-electron chi connectivity index (χ3n) is 4.05. The summed E-state index contributed by atoms with van der Waals surface area (Å²) in [5.41, 5.74) is 1.53. The van der Waals surface area contributed by atoms with Crippen LogP contribution in [-0.2, 0) is 21.4 Å². The van der Waals surface area contributed by atoms with Crippen molar-refractivity contribution in [2.75, 3.05) is 32.5 Å². The Morgan fingerprint density at radius 3 is 2.62 bits per heavy atom. The molecule has 1 saturated heterocycles. The Labute approximate surface area is 143 Å². The predicted molar refractivity (Wildman–Crippen MR) is 91.3 cm³/mol. The van der Waals surface area contributed by atoms with E-state index < -0.39 is 10.2 Å². The molecule has 0 spiro atoms. The Morgan fingerprint density at radius 2 is 2.04 bits per heavy atom. The van der Waals surface area contributed by atoms with Crippen LogP contribution in [0.15, 0.2) is 24.3 Å². The number of nitrogens with one attached hydrogen (secondary N) is 1. The van der Waals surface area contributed by atoms with E-state index in [1.807, 2.05) is 0 Å². The van der Waals surface area contributed by atoms with Gasteiger partial charge in [0.05, 0.1) is 18.4 Å². The molecule has 7 nitrogen and oxygen atoms in total. The second kappa shape index (κ2) is 7.75. The first-order valence-corrected chi connectivity index (χ1v) is 9.18. The standard InChI is InChI=1S/C16H22N4O3S/c1-19(2)24(22,23)20-11-3-4-14(12-20)16(21)18-15-7-5-13(6-8-15)9-10-17/h5-8,14H,3-4,9,11-12H2,1-2H3,(H,18,21)/t14-/m0/s1. The first-order chi connectivity index (χ1) is 11.3. The van der Waals surface area contributed by atoms with Gasteiger partial charge in [-0.15, -0.1) is 0 Å². The number of hydrogen-bond acceptors (Lipinski definition) is 4. The topological polar surface area (TPSA) is 93.5 Å². The van der Waals surface area contributed by atoms with Crippen molar-refractivity contribution in [1.29, 1.82) is 5.26 Å². The maximum atomic E-state index is 12.4. The summed E-state index contributed by atoms with van der Waals surface area (Å²) in [6.07, 6.45) is 1.65. The van der Waals surface area contributed by atoms with E-state index in [0.29, 0.717) is 31.5 Å². The summed E-state index contributed by atoms with van der Waals surface area (Å²) in [6, 6.07) is 9.16. The van der Waals surface area contributed by atoms with Crippen molar-refractivity contribution in [3.8, 4) is 6.07 Å². The molecule has 8 heteroatoms. The Balaban J connectivity index is 2.00. The molecule has 1 aliphatic rings. The molecule has 0 bridgehead atoms. The van der Waals surface area contributed by atoms with Gasteiger partial charge in [0.1, 0.15) is 0 Å². The molecular weight excluding hydrogens is 328 g/mol. The molecule has 1 aliphatic heterocycles. The Morgan fingerprint density at radius 1 is 1.38 bits per heavy atom. The highest BCUT2D eigenvalue weighted by Crippen LogP contribution is 2.22. The van der Waals surface area contributed by atoms with Gasteiger partial charge in [-0.1, -0.05) is 12.1 Å². The second-order valence-corrected chi connectivity index (χ2v) is 8.15. The van der Waals surface area contributed by atoms with Gasteiger partial charge in [-0.25, -0.2) is 0 Å². The number of amides is 1. The third kappa shape index (κ3) is 4.32. The summed E-state index contributed by atoms with van der Waals surface area (Å²) >= 11 is 0. The van der Waals surface area contributed by atoms with Crippen molar-refractivity contribution in [1.82, 2.24) is 8.61 Å². The minimum absolute atomic E-state index is 0.179. The molecule has 1 aromatic rings. The van der Waals surface area contributed by atoms with Crippen LogP contribution in [0.3, 0.4) is 0 Å². The van der Waals surface area contributed by atoms with Crippen LogP contribution in [0.2, 0.25) is 0 Å². The summed E-state index contributed by atoms with van der Waals surface area (Å²) in [6.45, 7) is 0.631. The normalized spacial score (nSPS) is 19.0. The molecular formula is C16H22N4O3S. The van der Waals surface area contributed by atoms with Crippen molar-refractivity contribution >= 4 is 21.8 Å². The van der Waals surface area contributed by atoms with Crippen LogP contribution in [0.1, 0.15) is 18.4 Å². The number of carbonyl (C=O) groups is 1. The predicted octanol–water partition coefficient (Wildman–Crippen LogP) is 1.21. The van der Waals surface area contributed by atoms with E-state index in [1.54, 1.807) is 24.3 Å². The molecule has 1 fully saturated rings. The lowest BCUT2D eigenvalue weighted by atomic mass is 9.98. The lowest BCUT2D eigenvalue weighted by Crippen LogP contribution is -2.47. The molecule has 24 heavy (non-hydrogen) atoms. The van der Waals surface area contributed by atoms with Crippen LogP contribution in [0.5, 0.6) is 0 Å². The van der Waals surface area contributed by atoms with Gasteiger partial charge in [-0.05, 0) is 30.5 Å².